The number of fused-ring (bicyclic) bond motifs is 2. The number of hydrogen-bond donors (Lipinski definition) is 0. The largest absolute Gasteiger partial charge is 0.500 e. The smallest absolute Gasteiger partial charge is 0.377 e. The quantitative estimate of drug-likeness (QED) is 0.0441. The number of nitrogens with zero attached hydrogens (tertiary/aromatic N) is 2. The van der Waals surface area contributed by atoms with Gasteiger partial charge in [-0.25, -0.2) is 9.97 Å². The van der Waals surface area contributed by atoms with Crippen LogP contribution in [0.4, 0.5) is 0 Å². The average molecular weight is 873 g/mol. The van der Waals surface area contributed by atoms with Gasteiger partial charge in [-0.05, 0) is 114 Å². The van der Waals surface area contributed by atoms with Gasteiger partial charge in [0.05, 0.1) is 20.4 Å². The molecule has 54 heavy (non-hydrogen) atoms. The second-order valence-electron chi connectivity index (χ2n) is 12.4. The summed E-state index contributed by atoms with van der Waals surface area (Å²) in [6.07, 6.45) is 1.49. The molecule has 0 aliphatic rings. The molecule has 0 fully saturated rings. The summed E-state index contributed by atoms with van der Waals surface area (Å²) in [5.74, 6) is 0. The van der Waals surface area contributed by atoms with Crippen molar-refractivity contribution in [3.05, 3.63) is 95.1 Å². The number of aryl methyl sites for hydroxylation is 4. The Morgan fingerprint density at radius 2 is 0.889 bits per heavy atom. The molecule has 0 N–H and O–H groups in total. The molecule has 0 spiro atoms. The molecule has 6 aromatic rings. The molecule has 286 valence electrons. The van der Waals surface area contributed by atoms with Gasteiger partial charge >= 0.3 is 17.6 Å². The van der Waals surface area contributed by atoms with Gasteiger partial charge in [0.2, 0.25) is 0 Å². The Balaban J connectivity index is 1.34. The summed E-state index contributed by atoms with van der Waals surface area (Å²) in [7, 11) is 11.5. The van der Waals surface area contributed by atoms with Crippen molar-refractivity contribution in [2.45, 2.75) is 48.6 Å². The first kappa shape index (κ1) is 41.9. The summed E-state index contributed by atoms with van der Waals surface area (Å²) in [6.45, 7) is 4.35. The van der Waals surface area contributed by atoms with Crippen LogP contribution in [0.2, 0.25) is 12.1 Å². The Kier molecular flexibility index (Phi) is 14.8. The van der Waals surface area contributed by atoms with Gasteiger partial charge in [0, 0.05) is 75.7 Å². The maximum absolute atomic E-state index is 5.81. The standard InChI is InChI=1S/C38H44N2O6S6Si2/c1-25-17-19-27(21-23-53(41-3,42-4)43-5)35(33(25)37-39-29-13-9-11-15-31(29)47-37)49-51-52-50-36-28(22-24-54(44-6,45-7)46-8)20-18-26(2)34(36)38-40-30-14-10-12-16-32(30)48-38/h9-20H,21-24H2,1-8H3. The molecule has 4 aromatic carbocycles. The number of thiazole rings is 2. The van der Waals surface area contributed by atoms with E-state index in [1.807, 2.05) is 12.1 Å². The maximum Gasteiger partial charge on any atom is 0.500 e. The minimum Gasteiger partial charge on any atom is -0.377 e. The molecular weight excluding hydrogens is 829 g/mol. The van der Waals surface area contributed by atoms with Crippen LogP contribution in [0.1, 0.15) is 22.3 Å². The Morgan fingerprint density at radius 3 is 1.24 bits per heavy atom. The lowest BCUT2D eigenvalue weighted by atomic mass is 10.0. The summed E-state index contributed by atoms with van der Waals surface area (Å²) in [5, 5.41) is 2.04. The molecule has 8 nitrogen and oxygen atoms in total. The number of benzene rings is 4. The van der Waals surface area contributed by atoms with E-state index in [0.29, 0.717) is 12.1 Å². The fourth-order valence-corrected chi connectivity index (χ4v) is 18.3. The first-order valence-corrected chi connectivity index (χ1v) is 27.5. The maximum atomic E-state index is 5.81. The Labute approximate surface area is 343 Å². The van der Waals surface area contributed by atoms with E-state index in [2.05, 4.69) is 74.5 Å². The predicted molar refractivity (Wildman–Crippen MR) is 237 cm³/mol. The van der Waals surface area contributed by atoms with Crippen molar-refractivity contribution in [1.82, 2.24) is 9.97 Å². The highest BCUT2D eigenvalue weighted by Crippen LogP contribution is 2.55. The van der Waals surface area contributed by atoms with Crippen LogP contribution in [-0.2, 0) is 39.4 Å². The fourth-order valence-electron chi connectivity index (χ4n) is 6.31. The molecule has 0 saturated carbocycles. The number of aromatic nitrogens is 2. The Hall–Kier alpha value is -1.75. The van der Waals surface area contributed by atoms with Crippen LogP contribution >= 0.6 is 63.9 Å². The van der Waals surface area contributed by atoms with Gasteiger partial charge in [-0.15, -0.1) is 22.7 Å². The molecule has 0 saturated heterocycles. The lowest BCUT2D eigenvalue weighted by Crippen LogP contribution is -2.43. The fraction of sp³-hybridized carbons (Fsp3) is 0.316. The van der Waals surface area contributed by atoms with E-state index >= 15 is 0 Å². The third kappa shape index (κ3) is 9.18. The first-order chi connectivity index (χ1) is 26.2. The zero-order chi connectivity index (χ0) is 38.3. The van der Waals surface area contributed by atoms with Crippen LogP contribution in [0.25, 0.3) is 41.6 Å². The van der Waals surface area contributed by atoms with Crippen LogP contribution in [0.15, 0.2) is 82.6 Å². The van der Waals surface area contributed by atoms with E-state index in [4.69, 9.17) is 36.5 Å². The number of para-hydroxylation sites is 2. The summed E-state index contributed by atoms with van der Waals surface area (Å²) in [4.78, 5) is 12.6. The van der Waals surface area contributed by atoms with Gasteiger partial charge in [-0.1, -0.05) is 48.5 Å². The van der Waals surface area contributed by atoms with Crippen molar-refractivity contribution in [3.63, 3.8) is 0 Å². The van der Waals surface area contributed by atoms with E-state index in [9.17, 15) is 0 Å². The predicted octanol–water partition coefficient (Wildman–Crippen LogP) is 11.8. The normalized spacial score (nSPS) is 12.4. The summed E-state index contributed by atoms with van der Waals surface area (Å²) >= 11 is 3.47. The van der Waals surface area contributed by atoms with Crippen molar-refractivity contribution in [2.24, 2.45) is 0 Å². The molecule has 0 bridgehead atoms. The highest BCUT2D eigenvalue weighted by Gasteiger charge is 2.38. The van der Waals surface area contributed by atoms with Gasteiger partial charge in [0.1, 0.15) is 10.0 Å². The molecule has 0 unspecified atom stereocenters. The molecule has 2 aromatic heterocycles. The van der Waals surface area contributed by atoms with Gasteiger partial charge in [0.15, 0.2) is 0 Å². The van der Waals surface area contributed by atoms with E-state index in [-0.39, 0.29) is 0 Å². The van der Waals surface area contributed by atoms with Crippen LogP contribution in [0.3, 0.4) is 0 Å². The van der Waals surface area contributed by atoms with Gasteiger partial charge < -0.3 is 26.6 Å². The third-order valence-corrected chi connectivity index (χ3v) is 23.3. The van der Waals surface area contributed by atoms with Crippen molar-refractivity contribution < 1.29 is 26.6 Å². The molecule has 16 heteroatoms. The lowest BCUT2D eigenvalue weighted by Gasteiger charge is -2.25. The van der Waals surface area contributed by atoms with Crippen molar-refractivity contribution >= 4 is 102 Å². The second kappa shape index (κ2) is 19.1. The number of rotatable bonds is 19. The molecule has 0 aliphatic heterocycles. The van der Waals surface area contributed by atoms with Crippen molar-refractivity contribution in [3.8, 4) is 21.1 Å². The highest BCUT2D eigenvalue weighted by atomic mass is 33.7. The van der Waals surface area contributed by atoms with E-state index in [1.54, 1.807) is 107 Å². The minimum atomic E-state index is -2.80. The lowest BCUT2D eigenvalue weighted by molar-refractivity contribution is 0.123. The number of hydrogen-bond acceptors (Lipinski definition) is 14. The molecule has 0 atom stereocenters. The van der Waals surface area contributed by atoms with Gasteiger partial charge in [-0.2, -0.15) is 0 Å². The average Bonchev–Trinajstić information content (AvgIpc) is 3.83. The van der Waals surface area contributed by atoms with Crippen LogP contribution in [0, 0.1) is 13.8 Å². The molecule has 2 heterocycles. The summed E-state index contributed by atoms with van der Waals surface area (Å²) in [5.41, 5.74) is 9.17. The molecule has 0 aliphatic carbocycles. The molecule has 6 rings (SSSR count). The zero-order valence-electron chi connectivity index (χ0n) is 31.6. The van der Waals surface area contributed by atoms with E-state index in [0.717, 1.165) is 33.9 Å². The van der Waals surface area contributed by atoms with E-state index < -0.39 is 17.6 Å². The topological polar surface area (TPSA) is 81.2 Å². The second-order valence-corrected chi connectivity index (χ2v) is 26.3. The molecular formula is C38H44N2O6S6Si2. The zero-order valence-corrected chi connectivity index (χ0v) is 38.4. The molecule has 0 radical (unpaired) electrons. The van der Waals surface area contributed by atoms with Crippen LogP contribution < -0.4 is 0 Å². The van der Waals surface area contributed by atoms with E-state index in [1.165, 1.54) is 52.6 Å². The monoisotopic (exact) mass is 872 g/mol. The summed E-state index contributed by atoms with van der Waals surface area (Å²) in [6, 6.07) is 26.9. The highest BCUT2D eigenvalue weighted by molar-refractivity contribution is 9.26. The summed E-state index contributed by atoms with van der Waals surface area (Å²) < 4.78 is 37.2. The first-order valence-electron chi connectivity index (χ1n) is 17.2. The van der Waals surface area contributed by atoms with Crippen LogP contribution in [-0.4, -0.2) is 70.2 Å². The molecule has 0 amide bonds. The van der Waals surface area contributed by atoms with Gasteiger partial charge in [0.25, 0.3) is 0 Å². The minimum absolute atomic E-state index is 0.659. The SMILES string of the molecule is CO[Si](CCc1ccc(C)c(-c2nc3ccccc3s2)c1SSSSc1c(CC[Si](OC)(OC)OC)ccc(C)c1-c1nc2ccccc2s1)(OC)OC. The Bertz CT molecular complexity index is 1960. The third-order valence-electron chi connectivity index (χ3n) is 9.44. The van der Waals surface area contributed by atoms with Crippen molar-refractivity contribution in [2.75, 3.05) is 42.7 Å². The van der Waals surface area contributed by atoms with Crippen molar-refractivity contribution in [1.29, 1.82) is 0 Å². The van der Waals surface area contributed by atoms with Crippen LogP contribution in [0.5, 0.6) is 0 Å². The van der Waals surface area contributed by atoms with Gasteiger partial charge in [-0.3, -0.25) is 0 Å². The Morgan fingerprint density at radius 1 is 0.519 bits per heavy atom.